The summed E-state index contributed by atoms with van der Waals surface area (Å²) in [5, 5.41) is 17.9. The van der Waals surface area contributed by atoms with E-state index < -0.39 is 4.92 Å². The van der Waals surface area contributed by atoms with Crippen LogP contribution in [-0.4, -0.2) is 31.2 Å². The van der Waals surface area contributed by atoms with Crippen LogP contribution in [0.15, 0.2) is 18.2 Å². The van der Waals surface area contributed by atoms with Gasteiger partial charge in [-0.2, -0.15) is 0 Å². The van der Waals surface area contributed by atoms with Crippen molar-refractivity contribution in [2.75, 3.05) is 25.5 Å². The van der Waals surface area contributed by atoms with Crippen LogP contribution in [-0.2, 0) is 0 Å². The van der Waals surface area contributed by atoms with E-state index in [1.807, 2.05) is 0 Å². The van der Waals surface area contributed by atoms with Crippen molar-refractivity contribution in [1.82, 2.24) is 5.32 Å². The smallest absolute Gasteiger partial charge is 0.333 e. The minimum absolute atomic E-state index is 0.00520. The zero-order valence-corrected chi connectivity index (χ0v) is 11.9. The number of nitro groups is 1. The van der Waals surface area contributed by atoms with Gasteiger partial charge in [-0.1, -0.05) is 6.07 Å². The topological polar surface area (TPSA) is 76.4 Å². The fourth-order valence-electron chi connectivity index (χ4n) is 2.66. The van der Waals surface area contributed by atoms with E-state index in [1.165, 1.54) is 7.11 Å². The number of hydrogen-bond acceptors (Lipinski definition) is 5. The van der Waals surface area contributed by atoms with Crippen LogP contribution in [0.3, 0.4) is 0 Å². The summed E-state index contributed by atoms with van der Waals surface area (Å²) in [6.45, 7) is 4.08. The van der Waals surface area contributed by atoms with Crippen molar-refractivity contribution in [3.05, 3.63) is 28.3 Å². The maximum atomic E-state index is 11.2. The van der Waals surface area contributed by atoms with Gasteiger partial charge < -0.3 is 15.4 Å². The lowest BCUT2D eigenvalue weighted by Gasteiger charge is -2.29. The summed E-state index contributed by atoms with van der Waals surface area (Å²) in [5.74, 6) is 0.767. The van der Waals surface area contributed by atoms with Crippen LogP contribution in [0, 0.1) is 16.0 Å². The third kappa shape index (κ3) is 3.19. The molecule has 110 valence electrons. The Hall–Kier alpha value is -1.82. The Labute approximate surface area is 118 Å². The molecule has 0 radical (unpaired) electrons. The first-order valence-corrected chi connectivity index (χ1v) is 6.92. The summed E-state index contributed by atoms with van der Waals surface area (Å²) in [5.41, 5.74) is 0.526. The Morgan fingerprint density at radius 3 is 2.95 bits per heavy atom. The van der Waals surface area contributed by atoms with E-state index in [1.54, 1.807) is 18.2 Å². The van der Waals surface area contributed by atoms with Gasteiger partial charge in [0.25, 0.3) is 0 Å². The van der Waals surface area contributed by atoms with E-state index in [9.17, 15) is 10.1 Å². The fourth-order valence-corrected chi connectivity index (χ4v) is 2.66. The van der Waals surface area contributed by atoms with Gasteiger partial charge in [-0.25, -0.2) is 0 Å². The molecule has 0 spiro atoms. The zero-order valence-electron chi connectivity index (χ0n) is 11.9. The highest BCUT2D eigenvalue weighted by Gasteiger charge is 2.25. The van der Waals surface area contributed by atoms with Gasteiger partial charge in [0.2, 0.25) is 0 Å². The van der Waals surface area contributed by atoms with E-state index >= 15 is 0 Å². The van der Waals surface area contributed by atoms with Crippen LogP contribution in [0.2, 0.25) is 0 Å². The van der Waals surface area contributed by atoms with Crippen molar-refractivity contribution >= 4 is 11.4 Å². The largest absolute Gasteiger partial charge is 0.490 e. The number of hydrogen-bond donors (Lipinski definition) is 2. The second-order valence-electron chi connectivity index (χ2n) is 5.15. The predicted molar refractivity (Wildman–Crippen MR) is 78.3 cm³/mol. The van der Waals surface area contributed by atoms with Gasteiger partial charge in [-0.15, -0.1) is 0 Å². The summed E-state index contributed by atoms with van der Waals surface area (Å²) < 4.78 is 5.08. The molecule has 1 heterocycles. The third-order valence-corrected chi connectivity index (χ3v) is 3.83. The summed E-state index contributed by atoms with van der Waals surface area (Å²) in [4.78, 5) is 10.8. The second-order valence-corrected chi connectivity index (χ2v) is 5.15. The van der Waals surface area contributed by atoms with Gasteiger partial charge in [0, 0.05) is 6.04 Å². The lowest BCUT2D eigenvalue weighted by atomic mass is 9.92. The number of nitrogens with one attached hydrogen (secondary N) is 2. The molecule has 0 aromatic heterocycles. The van der Waals surface area contributed by atoms with E-state index in [4.69, 9.17) is 4.74 Å². The third-order valence-electron chi connectivity index (χ3n) is 3.83. The van der Waals surface area contributed by atoms with Crippen LogP contribution in [0.1, 0.15) is 19.8 Å². The molecule has 2 unspecified atom stereocenters. The molecular formula is C14H21N3O3. The first-order valence-electron chi connectivity index (χ1n) is 6.92. The van der Waals surface area contributed by atoms with Crippen LogP contribution in [0.4, 0.5) is 11.4 Å². The fraction of sp³-hybridized carbons (Fsp3) is 0.571. The number of para-hydroxylation sites is 1. The number of nitrogens with zero attached hydrogens (tertiary/aromatic N) is 1. The van der Waals surface area contributed by atoms with Crippen molar-refractivity contribution in [2.45, 2.75) is 25.8 Å². The second kappa shape index (κ2) is 6.56. The molecule has 2 N–H and O–H groups in total. The molecular weight excluding hydrogens is 258 g/mol. The molecule has 1 aromatic carbocycles. The minimum atomic E-state index is -0.396. The van der Waals surface area contributed by atoms with Crippen LogP contribution >= 0.6 is 0 Å². The molecule has 0 amide bonds. The van der Waals surface area contributed by atoms with Gasteiger partial charge in [0.1, 0.15) is 5.69 Å². The Kier molecular flexibility index (Phi) is 4.79. The van der Waals surface area contributed by atoms with Gasteiger partial charge in [-0.3, -0.25) is 10.1 Å². The predicted octanol–water partition coefficient (Wildman–Crippen LogP) is 2.40. The van der Waals surface area contributed by atoms with E-state index in [0.717, 1.165) is 25.9 Å². The molecule has 0 bridgehead atoms. The van der Waals surface area contributed by atoms with Gasteiger partial charge >= 0.3 is 5.69 Å². The van der Waals surface area contributed by atoms with Crippen molar-refractivity contribution < 1.29 is 9.66 Å². The van der Waals surface area contributed by atoms with E-state index in [-0.39, 0.29) is 17.5 Å². The number of benzene rings is 1. The molecule has 20 heavy (non-hydrogen) atoms. The summed E-state index contributed by atoms with van der Waals surface area (Å²) in [7, 11) is 1.45. The molecule has 1 aliphatic rings. The van der Waals surface area contributed by atoms with Crippen molar-refractivity contribution in [3.63, 3.8) is 0 Å². The first kappa shape index (κ1) is 14.6. The Balaban J connectivity index is 2.17. The minimum Gasteiger partial charge on any atom is -0.490 e. The monoisotopic (exact) mass is 279 g/mol. The SMILES string of the molecule is COc1cccc(NC(C)C2CCCNC2)c1[N+](=O)[O-]. The average molecular weight is 279 g/mol. The Morgan fingerprint density at radius 1 is 1.55 bits per heavy atom. The number of methoxy groups -OCH3 is 1. The zero-order chi connectivity index (χ0) is 14.5. The van der Waals surface area contributed by atoms with Crippen LogP contribution < -0.4 is 15.4 Å². The first-order chi connectivity index (χ1) is 9.63. The molecule has 1 fully saturated rings. The standard InChI is InChI=1S/C14H21N3O3/c1-10(11-5-4-8-15-9-11)16-12-6-3-7-13(20-2)14(12)17(18)19/h3,6-7,10-11,15-16H,4-5,8-9H2,1-2H3. The molecule has 1 saturated heterocycles. The Bertz CT molecular complexity index is 473. The summed E-state index contributed by atoms with van der Waals surface area (Å²) in [6.07, 6.45) is 2.29. The molecule has 6 heteroatoms. The number of nitro benzene ring substituents is 1. The highest BCUT2D eigenvalue weighted by Crippen LogP contribution is 2.35. The molecule has 1 aliphatic heterocycles. The highest BCUT2D eigenvalue weighted by molar-refractivity contribution is 5.68. The lowest BCUT2D eigenvalue weighted by molar-refractivity contribution is -0.384. The number of piperidine rings is 1. The van der Waals surface area contributed by atoms with E-state index in [0.29, 0.717) is 11.6 Å². The quantitative estimate of drug-likeness (QED) is 0.639. The van der Waals surface area contributed by atoms with Crippen LogP contribution in [0.5, 0.6) is 5.75 Å². The lowest BCUT2D eigenvalue weighted by Crippen LogP contribution is -2.38. The van der Waals surface area contributed by atoms with Gasteiger partial charge in [0.05, 0.1) is 12.0 Å². The van der Waals surface area contributed by atoms with Crippen LogP contribution in [0.25, 0.3) is 0 Å². The molecule has 2 rings (SSSR count). The highest BCUT2D eigenvalue weighted by atomic mass is 16.6. The van der Waals surface area contributed by atoms with Crippen molar-refractivity contribution in [1.29, 1.82) is 0 Å². The molecule has 1 aromatic rings. The normalized spacial score (nSPS) is 20.2. The number of rotatable bonds is 5. The maximum Gasteiger partial charge on any atom is 0.333 e. The number of anilines is 1. The summed E-state index contributed by atoms with van der Waals surface area (Å²) >= 11 is 0. The molecule has 0 aliphatic carbocycles. The summed E-state index contributed by atoms with van der Waals surface area (Å²) in [6, 6.07) is 5.28. The molecule has 2 atom stereocenters. The maximum absolute atomic E-state index is 11.2. The van der Waals surface area contributed by atoms with Gasteiger partial charge in [0.15, 0.2) is 5.75 Å². The van der Waals surface area contributed by atoms with Crippen molar-refractivity contribution in [3.8, 4) is 5.75 Å². The Morgan fingerprint density at radius 2 is 2.35 bits per heavy atom. The number of ether oxygens (including phenoxy) is 1. The van der Waals surface area contributed by atoms with Gasteiger partial charge in [-0.05, 0) is 50.9 Å². The molecule has 0 saturated carbocycles. The average Bonchev–Trinajstić information content (AvgIpc) is 2.47. The van der Waals surface area contributed by atoms with E-state index in [2.05, 4.69) is 17.6 Å². The molecule has 6 nitrogen and oxygen atoms in total. The van der Waals surface area contributed by atoms with Crippen molar-refractivity contribution in [2.24, 2.45) is 5.92 Å².